The molecule has 1 atom stereocenters. The van der Waals surface area contributed by atoms with E-state index in [2.05, 4.69) is 31.2 Å². The fourth-order valence-electron chi connectivity index (χ4n) is 6.58. The Hall–Kier alpha value is -4.33. The Morgan fingerprint density at radius 2 is 1.77 bits per heavy atom. The zero-order chi connectivity index (χ0) is 36.6. The minimum Gasteiger partial charge on any atom is -0.496 e. The molecule has 0 spiro atoms. The molecule has 2 aliphatic rings. The first-order valence-electron chi connectivity index (χ1n) is 17.3. The molecule has 4 heterocycles. The van der Waals surface area contributed by atoms with Crippen molar-refractivity contribution in [2.75, 3.05) is 45.8 Å². The van der Waals surface area contributed by atoms with Crippen LogP contribution in [0.3, 0.4) is 0 Å². The molecular weight excluding hydrogens is 708 g/mol. The lowest BCUT2D eigenvalue weighted by atomic mass is 10.0. The van der Waals surface area contributed by atoms with Crippen molar-refractivity contribution in [1.29, 1.82) is 0 Å². The third-order valence-electron chi connectivity index (χ3n) is 9.45. The van der Waals surface area contributed by atoms with Crippen molar-refractivity contribution in [1.82, 2.24) is 30.8 Å². The maximum atomic E-state index is 15.7. The number of pyridine rings is 2. The number of likely N-dealkylation sites (tertiary alicyclic amines) is 1. The predicted molar refractivity (Wildman–Crippen MR) is 200 cm³/mol. The zero-order valence-electron chi connectivity index (χ0n) is 29.1. The van der Waals surface area contributed by atoms with Crippen molar-refractivity contribution in [3.05, 3.63) is 87.9 Å². The highest BCUT2D eigenvalue weighted by atomic mass is 35.5. The molecule has 1 unspecified atom stereocenters. The molecule has 2 aromatic carbocycles. The van der Waals surface area contributed by atoms with E-state index >= 15 is 4.39 Å². The summed E-state index contributed by atoms with van der Waals surface area (Å²) in [6.45, 7) is 2.89. The summed E-state index contributed by atoms with van der Waals surface area (Å²) in [5, 5.41) is 13.6. The van der Waals surface area contributed by atoms with Crippen LogP contribution in [0.2, 0.25) is 10.0 Å². The molecule has 2 amide bonds. The SMILES string of the molecule is COCC(=O)N1CCC(NCc2ccnc(Nc3cccc(-c4ccnc(-c5ccc(CNCC6CCC(=O)N6)c(OC)c5)c4Cl)c3Cl)c2F)CC1. The van der Waals surface area contributed by atoms with E-state index in [-0.39, 0.29) is 36.3 Å². The summed E-state index contributed by atoms with van der Waals surface area (Å²) in [6, 6.07) is 15.0. The molecule has 2 aromatic heterocycles. The maximum Gasteiger partial charge on any atom is 0.248 e. The topological polar surface area (TPSA) is 130 Å². The average molecular weight is 751 g/mol. The van der Waals surface area contributed by atoms with Gasteiger partial charge >= 0.3 is 0 Å². The van der Waals surface area contributed by atoms with E-state index in [9.17, 15) is 9.59 Å². The molecule has 0 saturated carbocycles. The van der Waals surface area contributed by atoms with Crippen molar-refractivity contribution in [3.8, 4) is 28.1 Å². The number of rotatable bonds is 14. The zero-order valence-corrected chi connectivity index (χ0v) is 30.6. The number of ether oxygens (including phenoxy) is 2. The quantitative estimate of drug-likeness (QED) is 0.121. The van der Waals surface area contributed by atoms with Crippen LogP contribution < -0.4 is 26.0 Å². The summed E-state index contributed by atoms with van der Waals surface area (Å²) in [5.74, 6) is 0.323. The van der Waals surface area contributed by atoms with Gasteiger partial charge in [0.05, 0.1) is 28.5 Å². The normalized spacial score (nSPS) is 16.2. The van der Waals surface area contributed by atoms with Gasteiger partial charge in [0.2, 0.25) is 11.8 Å². The summed E-state index contributed by atoms with van der Waals surface area (Å²) >= 11 is 14.0. The molecule has 2 fully saturated rings. The highest BCUT2D eigenvalue weighted by Crippen LogP contribution is 2.42. The monoisotopic (exact) mass is 749 g/mol. The molecule has 4 aromatic rings. The molecule has 6 rings (SSSR count). The Balaban J connectivity index is 1.14. The van der Waals surface area contributed by atoms with Gasteiger partial charge in [-0.2, -0.15) is 0 Å². The Labute approximate surface area is 312 Å². The van der Waals surface area contributed by atoms with Crippen molar-refractivity contribution in [2.24, 2.45) is 0 Å². The lowest BCUT2D eigenvalue weighted by Crippen LogP contribution is -2.45. The molecule has 274 valence electrons. The number of halogens is 3. The Kier molecular flexibility index (Phi) is 12.6. The first-order valence-corrected chi connectivity index (χ1v) is 18.0. The molecule has 2 saturated heterocycles. The summed E-state index contributed by atoms with van der Waals surface area (Å²) in [5.41, 5.74) is 4.51. The van der Waals surface area contributed by atoms with Crippen LogP contribution in [0.15, 0.2) is 60.9 Å². The fraction of sp³-hybridized carbons (Fsp3) is 0.368. The van der Waals surface area contributed by atoms with Crippen molar-refractivity contribution in [2.45, 2.75) is 50.9 Å². The van der Waals surface area contributed by atoms with Crippen LogP contribution in [0, 0.1) is 5.82 Å². The van der Waals surface area contributed by atoms with Crippen molar-refractivity contribution >= 4 is 46.5 Å². The van der Waals surface area contributed by atoms with E-state index in [1.54, 1.807) is 42.6 Å². The molecule has 0 bridgehead atoms. The smallest absolute Gasteiger partial charge is 0.248 e. The number of carbonyl (C=O) groups is 2. The van der Waals surface area contributed by atoms with Crippen molar-refractivity contribution in [3.63, 3.8) is 0 Å². The van der Waals surface area contributed by atoms with Crippen LogP contribution in [-0.2, 0) is 27.4 Å². The molecule has 0 aliphatic carbocycles. The molecule has 11 nitrogen and oxygen atoms in total. The molecule has 2 aliphatic heterocycles. The lowest BCUT2D eigenvalue weighted by Gasteiger charge is -2.32. The second-order valence-electron chi connectivity index (χ2n) is 12.9. The van der Waals surface area contributed by atoms with E-state index < -0.39 is 5.82 Å². The second-order valence-corrected chi connectivity index (χ2v) is 13.6. The fourth-order valence-corrected chi connectivity index (χ4v) is 7.17. The number of nitrogens with one attached hydrogen (secondary N) is 4. The lowest BCUT2D eigenvalue weighted by molar-refractivity contribution is -0.136. The van der Waals surface area contributed by atoms with Gasteiger partial charge in [-0.1, -0.05) is 47.5 Å². The summed E-state index contributed by atoms with van der Waals surface area (Å²) in [4.78, 5) is 34.3. The number of nitrogens with zero attached hydrogens (tertiary/aromatic N) is 3. The van der Waals surface area contributed by atoms with Crippen LogP contribution in [-0.4, -0.2) is 79.2 Å². The van der Waals surface area contributed by atoms with Crippen LogP contribution >= 0.6 is 23.2 Å². The minimum atomic E-state index is -0.480. The molecular formula is C38H42Cl2FN7O4. The van der Waals surface area contributed by atoms with E-state index in [1.807, 2.05) is 30.3 Å². The number of piperidine rings is 1. The number of hydrogen-bond donors (Lipinski definition) is 4. The summed E-state index contributed by atoms with van der Waals surface area (Å²) in [6.07, 6.45) is 6.16. The minimum absolute atomic E-state index is 0.0183. The van der Waals surface area contributed by atoms with Gasteiger partial charge in [-0.25, -0.2) is 9.37 Å². The number of amides is 2. The third-order valence-corrected chi connectivity index (χ3v) is 10.2. The van der Waals surface area contributed by atoms with Gasteiger partial charge in [0.25, 0.3) is 0 Å². The van der Waals surface area contributed by atoms with Gasteiger partial charge in [0.1, 0.15) is 12.4 Å². The van der Waals surface area contributed by atoms with Crippen LogP contribution in [0.1, 0.15) is 36.8 Å². The molecule has 0 radical (unpaired) electrons. The highest BCUT2D eigenvalue weighted by Gasteiger charge is 2.24. The number of methoxy groups -OCH3 is 2. The second kappa shape index (κ2) is 17.5. The van der Waals surface area contributed by atoms with Crippen LogP contribution in [0.25, 0.3) is 22.4 Å². The maximum absolute atomic E-state index is 15.7. The standard InChI is InChI=1S/C38H42Cl2FN7O4/c1-51-22-33(50)48-16-12-26(13-17-48)45-20-25-10-14-44-38(36(25)41)47-30-5-3-4-28(34(30)39)29-11-15-43-37(35(29)40)23-6-7-24(31(18-23)52-2)19-42-21-27-8-9-32(49)46-27/h3-7,10-11,14-15,18,26-27,42,45H,8-9,12-13,16-17,19-22H2,1-2H3,(H,44,47)(H,46,49). The Bertz CT molecular complexity index is 1910. The number of aromatic nitrogens is 2. The number of anilines is 2. The first-order chi connectivity index (χ1) is 25.2. The third kappa shape index (κ3) is 8.82. The largest absolute Gasteiger partial charge is 0.496 e. The van der Waals surface area contributed by atoms with E-state index in [4.69, 9.17) is 32.7 Å². The number of benzene rings is 2. The van der Waals surface area contributed by atoms with Gasteiger partial charge < -0.3 is 35.6 Å². The number of carbonyl (C=O) groups excluding carboxylic acids is 2. The highest BCUT2D eigenvalue weighted by molar-refractivity contribution is 6.39. The Morgan fingerprint density at radius 1 is 0.981 bits per heavy atom. The van der Waals surface area contributed by atoms with Crippen LogP contribution in [0.4, 0.5) is 15.9 Å². The average Bonchev–Trinajstić information content (AvgIpc) is 3.58. The van der Waals surface area contributed by atoms with Gasteiger partial charge in [0.15, 0.2) is 11.6 Å². The van der Waals surface area contributed by atoms with Gasteiger partial charge in [-0.15, -0.1) is 0 Å². The van der Waals surface area contributed by atoms with Gasteiger partial charge in [0, 0.05) is 98.5 Å². The summed E-state index contributed by atoms with van der Waals surface area (Å²) in [7, 11) is 3.13. The molecule has 14 heteroatoms. The summed E-state index contributed by atoms with van der Waals surface area (Å²) < 4.78 is 26.4. The molecule has 4 N–H and O–H groups in total. The first kappa shape index (κ1) is 37.4. The van der Waals surface area contributed by atoms with Crippen LogP contribution in [0.5, 0.6) is 5.75 Å². The van der Waals surface area contributed by atoms with Gasteiger partial charge in [-0.3, -0.25) is 14.6 Å². The van der Waals surface area contributed by atoms with E-state index in [1.165, 1.54) is 7.11 Å². The Morgan fingerprint density at radius 3 is 2.52 bits per heavy atom. The molecule has 52 heavy (non-hydrogen) atoms. The predicted octanol–water partition coefficient (Wildman–Crippen LogP) is 6.10. The van der Waals surface area contributed by atoms with E-state index in [0.29, 0.717) is 83.0 Å². The van der Waals surface area contributed by atoms with Gasteiger partial charge in [-0.05, 0) is 43.5 Å². The van der Waals surface area contributed by atoms with E-state index in [0.717, 1.165) is 30.4 Å². The van der Waals surface area contributed by atoms with Crippen molar-refractivity contribution < 1.29 is 23.5 Å². The number of hydrogen-bond acceptors (Lipinski definition) is 9.